The van der Waals surface area contributed by atoms with Crippen LogP contribution in [-0.4, -0.2) is 22.0 Å². The lowest BCUT2D eigenvalue weighted by atomic mass is 10.2. The van der Waals surface area contributed by atoms with Gasteiger partial charge in [-0.2, -0.15) is 4.98 Å². The molecule has 0 aliphatic rings. The molecule has 6 nitrogen and oxygen atoms in total. The fourth-order valence-electron chi connectivity index (χ4n) is 1.20. The molecule has 0 radical (unpaired) electrons. The maximum Gasteiger partial charge on any atom is 0.357 e. The van der Waals surface area contributed by atoms with Crippen molar-refractivity contribution in [3.8, 4) is 0 Å². The molecular weight excluding hydrogens is 260 g/mol. The molecule has 7 heteroatoms. The zero-order valence-electron chi connectivity index (χ0n) is 8.88. The highest BCUT2D eigenvalue weighted by molar-refractivity contribution is 6.30. The van der Waals surface area contributed by atoms with Gasteiger partial charge in [0.25, 0.3) is 5.91 Å². The second-order valence-corrected chi connectivity index (χ2v) is 3.74. The van der Waals surface area contributed by atoms with E-state index in [1.807, 2.05) is 0 Å². The predicted octanol–water partition coefficient (Wildman–Crippen LogP) is 2.28. The number of halogens is 1. The van der Waals surface area contributed by atoms with E-state index in [-0.39, 0.29) is 11.7 Å². The second-order valence-electron chi connectivity index (χ2n) is 3.30. The van der Waals surface area contributed by atoms with E-state index >= 15 is 0 Å². The third-order valence-corrected chi connectivity index (χ3v) is 2.30. The lowest BCUT2D eigenvalue weighted by Crippen LogP contribution is -2.12. The van der Waals surface area contributed by atoms with Crippen molar-refractivity contribution in [2.75, 3.05) is 5.32 Å². The van der Waals surface area contributed by atoms with Crippen LogP contribution in [0.4, 0.5) is 6.01 Å². The Morgan fingerprint density at radius 1 is 1.28 bits per heavy atom. The number of amides is 1. The van der Waals surface area contributed by atoms with Gasteiger partial charge >= 0.3 is 12.0 Å². The average Bonchev–Trinajstić information content (AvgIpc) is 2.78. The van der Waals surface area contributed by atoms with Gasteiger partial charge in [-0.15, -0.1) is 0 Å². The number of carboxylic acid groups (broad SMARTS) is 1. The predicted molar refractivity (Wildman–Crippen MR) is 62.9 cm³/mol. The molecule has 2 N–H and O–H groups in total. The lowest BCUT2D eigenvalue weighted by molar-refractivity contribution is 0.0690. The van der Waals surface area contributed by atoms with E-state index in [2.05, 4.69) is 10.3 Å². The number of benzene rings is 1. The van der Waals surface area contributed by atoms with Gasteiger partial charge in [0.15, 0.2) is 5.69 Å². The van der Waals surface area contributed by atoms with Crippen LogP contribution in [0.1, 0.15) is 20.8 Å². The number of aromatic nitrogens is 1. The molecule has 0 aliphatic heterocycles. The van der Waals surface area contributed by atoms with Gasteiger partial charge < -0.3 is 9.52 Å². The highest BCUT2D eigenvalue weighted by Gasteiger charge is 2.13. The summed E-state index contributed by atoms with van der Waals surface area (Å²) in [5, 5.41) is 11.5. The van der Waals surface area contributed by atoms with Crippen molar-refractivity contribution in [3.05, 3.63) is 46.8 Å². The number of carbonyl (C=O) groups excluding carboxylic acids is 1. The summed E-state index contributed by atoms with van der Waals surface area (Å²) in [6.45, 7) is 0. The van der Waals surface area contributed by atoms with Gasteiger partial charge in [-0.1, -0.05) is 11.6 Å². The molecule has 0 saturated heterocycles. The highest BCUT2D eigenvalue weighted by atomic mass is 35.5. The maximum absolute atomic E-state index is 11.7. The highest BCUT2D eigenvalue weighted by Crippen LogP contribution is 2.12. The molecule has 2 rings (SSSR count). The number of aromatic carboxylic acids is 1. The number of rotatable bonds is 3. The van der Waals surface area contributed by atoms with Crippen molar-refractivity contribution in [2.45, 2.75) is 0 Å². The summed E-state index contributed by atoms with van der Waals surface area (Å²) < 4.78 is 4.79. The molecule has 0 unspecified atom stereocenters. The Labute approximate surface area is 106 Å². The van der Waals surface area contributed by atoms with E-state index in [4.69, 9.17) is 21.1 Å². The number of oxazole rings is 1. The second kappa shape index (κ2) is 4.89. The molecule has 0 bridgehead atoms. The Kier molecular flexibility index (Phi) is 3.29. The molecular formula is C11H7ClN2O4. The molecule has 0 fully saturated rings. The summed E-state index contributed by atoms with van der Waals surface area (Å²) in [5.41, 5.74) is 0.0795. The minimum absolute atomic E-state index is 0.174. The summed E-state index contributed by atoms with van der Waals surface area (Å²) in [6, 6.07) is 6.01. The minimum atomic E-state index is -1.23. The molecule has 1 aromatic heterocycles. The van der Waals surface area contributed by atoms with Gasteiger partial charge in [0.2, 0.25) is 0 Å². The van der Waals surface area contributed by atoms with Crippen LogP contribution in [0.2, 0.25) is 5.02 Å². The van der Waals surface area contributed by atoms with Gasteiger partial charge in [-0.3, -0.25) is 10.1 Å². The van der Waals surface area contributed by atoms with Crippen LogP contribution in [0.5, 0.6) is 0 Å². The summed E-state index contributed by atoms with van der Waals surface area (Å²) >= 11 is 5.69. The monoisotopic (exact) mass is 266 g/mol. The first kappa shape index (κ1) is 12.1. The molecule has 0 saturated carbocycles. The Balaban J connectivity index is 2.11. The zero-order chi connectivity index (χ0) is 13.1. The molecule has 1 heterocycles. The van der Waals surface area contributed by atoms with Crippen LogP contribution in [-0.2, 0) is 0 Å². The molecule has 0 atom stereocenters. The summed E-state index contributed by atoms with van der Waals surface area (Å²) in [5.74, 6) is -1.70. The van der Waals surface area contributed by atoms with Crippen LogP contribution >= 0.6 is 11.6 Å². The number of hydrogen-bond donors (Lipinski definition) is 2. The van der Waals surface area contributed by atoms with Crippen molar-refractivity contribution in [1.82, 2.24) is 4.98 Å². The SMILES string of the molecule is O=C(Nc1nc(C(=O)O)co1)c1ccc(Cl)cc1. The van der Waals surface area contributed by atoms with E-state index in [0.717, 1.165) is 6.26 Å². The quantitative estimate of drug-likeness (QED) is 0.889. The number of carbonyl (C=O) groups is 2. The Morgan fingerprint density at radius 2 is 1.94 bits per heavy atom. The number of anilines is 1. The van der Waals surface area contributed by atoms with Gasteiger partial charge in [-0.05, 0) is 24.3 Å². The average molecular weight is 267 g/mol. The first-order valence-corrected chi connectivity index (χ1v) is 5.20. The maximum atomic E-state index is 11.7. The van der Waals surface area contributed by atoms with E-state index in [1.54, 1.807) is 12.1 Å². The van der Waals surface area contributed by atoms with Gasteiger partial charge in [0.1, 0.15) is 6.26 Å². The zero-order valence-corrected chi connectivity index (χ0v) is 9.64. The van der Waals surface area contributed by atoms with Gasteiger partial charge in [0.05, 0.1) is 0 Å². The van der Waals surface area contributed by atoms with Crippen molar-refractivity contribution < 1.29 is 19.1 Å². The standard InChI is InChI=1S/C11H7ClN2O4/c12-7-3-1-6(2-4-7)9(15)14-11-13-8(5-18-11)10(16)17/h1-5H,(H,16,17)(H,13,14,15). The first-order valence-electron chi connectivity index (χ1n) is 4.82. The number of nitrogens with zero attached hydrogens (tertiary/aromatic N) is 1. The summed E-state index contributed by atoms with van der Waals surface area (Å²) in [6.07, 6.45) is 0.944. The molecule has 1 aromatic carbocycles. The molecule has 0 spiro atoms. The molecule has 0 aliphatic carbocycles. The molecule has 1 amide bonds. The van der Waals surface area contributed by atoms with Crippen LogP contribution in [0.15, 0.2) is 34.9 Å². The summed E-state index contributed by atoms with van der Waals surface area (Å²) in [4.78, 5) is 25.8. The largest absolute Gasteiger partial charge is 0.476 e. The fraction of sp³-hybridized carbons (Fsp3) is 0. The Morgan fingerprint density at radius 3 is 2.50 bits per heavy atom. The van der Waals surface area contributed by atoms with Crippen LogP contribution in [0, 0.1) is 0 Å². The fourth-order valence-corrected chi connectivity index (χ4v) is 1.33. The first-order chi connectivity index (χ1) is 8.56. The summed E-state index contributed by atoms with van der Waals surface area (Å²) in [7, 11) is 0. The van der Waals surface area contributed by atoms with Gasteiger partial charge in [0, 0.05) is 10.6 Å². The van der Waals surface area contributed by atoms with Crippen LogP contribution in [0.3, 0.4) is 0 Å². The minimum Gasteiger partial charge on any atom is -0.476 e. The molecule has 92 valence electrons. The van der Waals surface area contributed by atoms with Crippen molar-refractivity contribution >= 4 is 29.5 Å². The number of nitrogens with one attached hydrogen (secondary N) is 1. The van der Waals surface area contributed by atoms with Crippen molar-refractivity contribution in [3.63, 3.8) is 0 Å². The normalized spacial score (nSPS) is 10.1. The van der Waals surface area contributed by atoms with E-state index in [1.165, 1.54) is 12.1 Å². The number of hydrogen-bond acceptors (Lipinski definition) is 4. The van der Waals surface area contributed by atoms with E-state index in [0.29, 0.717) is 10.6 Å². The van der Waals surface area contributed by atoms with Crippen molar-refractivity contribution in [2.24, 2.45) is 0 Å². The van der Waals surface area contributed by atoms with Gasteiger partial charge in [-0.25, -0.2) is 4.79 Å². The van der Waals surface area contributed by atoms with E-state index in [9.17, 15) is 9.59 Å². The van der Waals surface area contributed by atoms with Crippen LogP contribution < -0.4 is 5.32 Å². The van der Waals surface area contributed by atoms with E-state index < -0.39 is 11.9 Å². The Hall–Kier alpha value is -2.34. The topological polar surface area (TPSA) is 92.4 Å². The van der Waals surface area contributed by atoms with Crippen molar-refractivity contribution in [1.29, 1.82) is 0 Å². The lowest BCUT2D eigenvalue weighted by Gasteiger charge is -2.00. The Bertz CT molecular complexity index is 591. The third kappa shape index (κ3) is 2.67. The van der Waals surface area contributed by atoms with Crippen LogP contribution in [0.25, 0.3) is 0 Å². The molecule has 2 aromatic rings. The molecule has 18 heavy (non-hydrogen) atoms. The number of carboxylic acids is 1. The third-order valence-electron chi connectivity index (χ3n) is 2.05. The smallest absolute Gasteiger partial charge is 0.357 e.